The summed E-state index contributed by atoms with van der Waals surface area (Å²) in [4.78, 5) is 25.8. The van der Waals surface area contributed by atoms with Crippen molar-refractivity contribution in [3.05, 3.63) is 82.5 Å². The average Bonchev–Trinajstić information content (AvgIpc) is 3.33. The molecule has 2 aromatic carbocycles. The maximum atomic E-state index is 12.9. The molecular formula is C24H19NO4S2. The third-order valence-corrected chi connectivity index (χ3v) is 6.15. The van der Waals surface area contributed by atoms with Crippen molar-refractivity contribution in [3.8, 4) is 11.3 Å². The molecule has 1 aromatic heterocycles. The summed E-state index contributed by atoms with van der Waals surface area (Å²) in [5.41, 5.74) is 2.95. The van der Waals surface area contributed by atoms with Gasteiger partial charge in [0.1, 0.15) is 11.5 Å². The first-order valence-corrected chi connectivity index (χ1v) is 11.0. The number of rotatable bonds is 6. The van der Waals surface area contributed by atoms with Gasteiger partial charge in [-0.15, -0.1) is 0 Å². The van der Waals surface area contributed by atoms with Crippen molar-refractivity contribution in [3.63, 3.8) is 0 Å². The van der Waals surface area contributed by atoms with E-state index in [2.05, 4.69) is 19.1 Å². The Labute approximate surface area is 189 Å². The molecule has 7 heteroatoms. The Hall–Kier alpha value is -3.16. The molecule has 4 rings (SSSR count). The summed E-state index contributed by atoms with van der Waals surface area (Å²) in [5.74, 6) is 0.00815. The number of carboxylic acid groups (broad SMARTS) is 1. The number of carbonyl (C=O) groups is 2. The SMILES string of the molecule is CCCc1ccc(-c2ccc(/C=C3\SC(=S)N(c4ccc(C(=O)O)cc4)C3=O)o2)cc1. The van der Waals surface area contributed by atoms with Crippen molar-refractivity contribution in [1.82, 2.24) is 0 Å². The molecule has 1 saturated heterocycles. The van der Waals surface area contributed by atoms with E-state index in [0.29, 0.717) is 20.7 Å². The molecule has 156 valence electrons. The normalized spacial score (nSPS) is 15.1. The lowest BCUT2D eigenvalue weighted by molar-refractivity contribution is -0.113. The smallest absolute Gasteiger partial charge is 0.335 e. The largest absolute Gasteiger partial charge is 0.478 e. The fraction of sp³-hybridized carbons (Fsp3) is 0.125. The lowest BCUT2D eigenvalue weighted by atomic mass is 10.1. The van der Waals surface area contributed by atoms with E-state index in [0.717, 1.165) is 24.2 Å². The summed E-state index contributed by atoms with van der Waals surface area (Å²) in [5, 5.41) is 9.04. The number of thioether (sulfide) groups is 1. The van der Waals surface area contributed by atoms with Crippen molar-refractivity contribution in [1.29, 1.82) is 0 Å². The highest BCUT2D eigenvalue weighted by atomic mass is 32.2. The van der Waals surface area contributed by atoms with Crippen LogP contribution in [-0.2, 0) is 11.2 Å². The van der Waals surface area contributed by atoms with Gasteiger partial charge in [-0.1, -0.05) is 61.6 Å². The zero-order chi connectivity index (χ0) is 22.0. The molecule has 3 aromatic rings. The van der Waals surface area contributed by atoms with Crippen molar-refractivity contribution >= 4 is 51.9 Å². The lowest BCUT2D eigenvalue weighted by Gasteiger charge is -2.14. The van der Waals surface area contributed by atoms with Gasteiger partial charge in [0.05, 0.1) is 16.2 Å². The van der Waals surface area contributed by atoms with Crippen LogP contribution in [0.4, 0.5) is 5.69 Å². The first kappa shape index (κ1) is 21.1. The van der Waals surface area contributed by atoms with Gasteiger partial charge in [0, 0.05) is 11.6 Å². The fourth-order valence-electron chi connectivity index (χ4n) is 3.28. The number of thiocarbonyl (C=S) groups is 1. The third-order valence-electron chi connectivity index (χ3n) is 4.84. The minimum atomic E-state index is -1.02. The molecule has 0 spiro atoms. The number of furan rings is 1. The van der Waals surface area contributed by atoms with E-state index in [9.17, 15) is 9.59 Å². The first-order chi connectivity index (χ1) is 15.0. The number of hydrogen-bond donors (Lipinski definition) is 1. The van der Waals surface area contributed by atoms with Crippen LogP contribution in [0.3, 0.4) is 0 Å². The summed E-state index contributed by atoms with van der Waals surface area (Å²) in [7, 11) is 0. The number of anilines is 1. The van der Waals surface area contributed by atoms with Gasteiger partial charge in [-0.2, -0.15) is 0 Å². The maximum Gasteiger partial charge on any atom is 0.335 e. The monoisotopic (exact) mass is 449 g/mol. The Kier molecular flexibility index (Phi) is 6.06. The predicted octanol–water partition coefficient (Wildman–Crippen LogP) is 6.00. The fourth-order valence-corrected chi connectivity index (χ4v) is 4.56. The Morgan fingerprint density at radius 3 is 2.45 bits per heavy atom. The number of benzene rings is 2. The molecule has 0 unspecified atom stereocenters. The lowest BCUT2D eigenvalue weighted by Crippen LogP contribution is -2.27. The number of aromatic carboxylic acids is 1. The Bertz CT molecular complexity index is 1180. The number of nitrogens with zero attached hydrogens (tertiary/aromatic N) is 1. The molecule has 1 amide bonds. The van der Waals surface area contributed by atoms with Crippen LogP contribution in [0.2, 0.25) is 0 Å². The van der Waals surface area contributed by atoms with Crippen LogP contribution in [0, 0.1) is 0 Å². The van der Waals surface area contributed by atoms with Crippen LogP contribution in [0.25, 0.3) is 17.4 Å². The van der Waals surface area contributed by atoms with Gasteiger partial charge in [0.2, 0.25) is 0 Å². The highest BCUT2D eigenvalue weighted by Crippen LogP contribution is 2.36. The third kappa shape index (κ3) is 4.47. The number of aryl methyl sites for hydroxylation is 1. The molecule has 0 bridgehead atoms. The topological polar surface area (TPSA) is 70.8 Å². The molecule has 1 fully saturated rings. The Balaban J connectivity index is 1.54. The molecular weight excluding hydrogens is 430 g/mol. The van der Waals surface area contributed by atoms with Gasteiger partial charge in [-0.05, 0) is 48.4 Å². The molecule has 0 aliphatic carbocycles. The number of amides is 1. The highest BCUT2D eigenvalue weighted by molar-refractivity contribution is 8.27. The van der Waals surface area contributed by atoms with E-state index in [1.165, 1.54) is 34.4 Å². The summed E-state index contributed by atoms with van der Waals surface area (Å²) < 4.78 is 6.32. The van der Waals surface area contributed by atoms with Gasteiger partial charge in [0.25, 0.3) is 5.91 Å². The molecule has 2 heterocycles. The zero-order valence-electron chi connectivity index (χ0n) is 16.7. The second kappa shape index (κ2) is 8.91. The summed E-state index contributed by atoms with van der Waals surface area (Å²) in [6, 6.07) is 18.0. The highest BCUT2D eigenvalue weighted by Gasteiger charge is 2.33. The Morgan fingerprint density at radius 2 is 1.81 bits per heavy atom. The van der Waals surface area contributed by atoms with Crippen molar-refractivity contribution in [2.24, 2.45) is 0 Å². The average molecular weight is 450 g/mol. The van der Waals surface area contributed by atoms with Crippen LogP contribution < -0.4 is 4.90 Å². The molecule has 5 nitrogen and oxygen atoms in total. The molecule has 31 heavy (non-hydrogen) atoms. The van der Waals surface area contributed by atoms with E-state index in [-0.39, 0.29) is 11.5 Å². The van der Waals surface area contributed by atoms with E-state index in [4.69, 9.17) is 21.7 Å². The summed E-state index contributed by atoms with van der Waals surface area (Å²) in [6.07, 6.45) is 3.83. The van der Waals surface area contributed by atoms with Crippen LogP contribution in [-0.4, -0.2) is 21.3 Å². The van der Waals surface area contributed by atoms with E-state index in [1.807, 2.05) is 24.3 Å². The van der Waals surface area contributed by atoms with Gasteiger partial charge in [0.15, 0.2) is 4.32 Å². The van der Waals surface area contributed by atoms with Crippen LogP contribution >= 0.6 is 24.0 Å². The van der Waals surface area contributed by atoms with E-state index >= 15 is 0 Å². The van der Waals surface area contributed by atoms with E-state index in [1.54, 1.807) is 18.2 Å². The molecule has 1 aliphatic rings. The van der Waals surface area contributed by atoms with Crippen molar-refractivity contribution in [2.45, 2.75) is 19.8 Å². The van der Waals surface area contributed by atoms with Crippen molar-refractivity contribution in [2.75, 3.05) is 4.90 Å². The quantitative estimate of drug-likeness (QED) is 0.367. The van der Waals surface area contributed by atoms with Crippen LogP contribution in [0.1, 0.15) is 35.0 Å². The summed E-state index contributed by atoms with van der Waals surface area (Å²) >= 11 is 6.56. The minimum absolute atomic E-state index is 0.149. The standard InChI is InChI=1S/C24H19NO4S2/c1-2-3-15-4-6-16(7-5-15)20-13-12-19(29-20)14-21-22(26)25(24(30)31-21)18-10-8-17(9-11-18)23(27)28/h4-14H,2-3H2,1H3,(H,27,28)/b21-14-. The Morgan fingerprint density at radius 1 is 1.10 bits per heavy atom. The van der Waals surface area contributed by atoms with E-state index < -0.39 is 5.97 Å². The zero-order valence-corrected chi connectivity index (χ0v) is 18.3. The van der Waals surface area contributed by atoms with Gasteiger partial charge < -0.3 is 9.52 Å². The minimum Gasteiger partial charge on any atom is -0.478 e. The molecule has 0 radical (unpaired) electrons. The number of carbonyl (C=O) groups excluding carboxylic acids is 1. The van der Waals surface area contributed by atoms with Crippen LogP contribution in [0.15, 0.2) is 70.0 Å². The molecule has 0 atom stereocenters. The summed E-state index contributed by atoms with van der Waals surface area (Å²) in [6.45, 7) is 2.15. The van der Waals surface area contributed by atoms with Crippen LogP contribution in [0.5, 0.6) is 0 Å². The molecule has 1 N–H and O–H groups in total. The second-order valence-electron chi connectivity index (χ2n) is 7.02. The predicted molar refractivity (Wildman–Crippen MR) is 127 cm³/mol. The molecule has 1 aliphatic heterocycles. The van der Waals surface area contributed by atoms with Gasteiger partial charge in [-0.3, -0.25) is 9.69 Å². The van der Waals surface area contributed by atoms with Crippen molar-refractivity contribution < 1.29 is 19.1 Å². The van der Waals surface area contributed by atoms with Gasteiger partial charge in [-0.25, -0.2) is 4.79 Å². The second-order valence-corrected chi connectivity index (χ2v) is 8.69. The number of carboxylic acids is 1. The maximum absolute atomic E-state index is 12.9. The number of hydrogen-bond acceptors (Lipinski definition) is 5. The first-order valence-electron chi connectivity index (χ1n) is 9.76. The van der Waals surface area contributed by atoms with Gasteiger partial charge >= 0.3 is 5.97 Å². The molecule has 0 saturated carbocycles.